The lowest BCUT2D eigenvalue weighted by Crippen LogP contribution is -2.14. The van der Waals surface area contributed by atoms with Gasteiger partial charge in [-0.25, -0.2) is 9.78 Å². The molecule has 0 spiro atoms. The molecule has 0 atom stereocenters. The van der Waals surface area contributed by atoms with Gasteiger partial charge in [-0.2, -0.15) is 8.75 Å². The molecule has 0 radical (unpaired) electrons. The predicted molar refractivity (Wildman–Crippen MR) is 133 cm³/mol. The van der Waals surface area contributed by atoms with Gasteiger partial charge in [-0.3, -0.25) is 4.79 Å². The molecule has 8 nitrogen and oxygen atoms in total. The minimum absolute atomic E-state index is 0.0684. The van der Waals surface area contributed by atoms with E-state index >= 15 is 0 Å². The van der Waals surface area contributed by atoms with Gasteiger partial charge in [0.1, 0.15) is 16.8 Å². The van der Waals surface area contributed by atoms with Gasteiger partial charge in [-0.05, 0) is 53.9 Å². The third-order valence-corrected chi connectivity index (χ3v) is 5.87. The Kier molecular flexibility index (Phi) is 7.47. The van der Waals surface area contributed by atoms with E-state index < -0.39 is 11.8 Å². The van der Waals surface area contributed by atoms with Crippen molar-refractivity contribution in [2.75, 3.05) is 13.7 Å². The molecule has 4 aromatic rings. The summed E-state index contributed by atoms with van der Waals surface area (Å²) in [5.74, 6) is -0.529. The topological polar surface area (TPSA) is 112 Å². The molecule has 0 saturated carbocycles. The summed E-state index contributed by atoms with van der Waals surface area (Å²) < 4.78 is 19.1. The number of aromatic nitrogens is 3. The van der Waals surface area contributed by atoms with Crippen LogP contribution in [0.4, 0.5) is 0 Å². The number of carboxylic acids is 1. The number of ketones is 1. The highest BCUT2D eigenvalue weighted by Crippen LogP contribution is 2.28. The zero-order valence-electron chi connectivity index (χ0n) is 19.2. The van der Waals surface area contributed by atoms with E-state index in [4.69, 9.17) is 9.47 Å². The highest BCUT2D eigenvalue weighted by Gasteiger charge is 2.24. The van der Waals surface area contributed by atoms with Crippen LogP contribution >= 0.6 is 11.7 Å². The molecular weight excluding hydrogens is 466 g/mol. The lowest BCUT2D eigenvalue weighted by atomic mass is 9.89. The Bertz CT molecular complexity index is 1380. The van der Waals surface area contributed by atoms with Crippen LogP contribution in [0.5, 0.6) is 11.6 Å². The van der Waals surface area contributed by atoms with Crippen molar-refractivity contribution in [2.45, 2.75) is 19.8 Å². The summed E-state index contributed by atoms with van der Waals surface area (Å²) in [5.41, 5.74) is 2.69. The number of fused-ring (bicyclic) bond motifs is 1. The number of hydrogen-bond donors (Lipinski definition) is 1. The number of rotatable bonds is 10. The number of pyridine rings is 1. The maximum atomic E-state index is 13.7. The van der Waals surface area contributed by atoms with Crippen molar-refractivity contribution >= 4 is 40.1 Å². The number of hydrogen-bond acceptors (Lipinski definition) is 8. The molecule has 9 heteroatoms. The second-order valence-electron chi connectivity index (χ2n) is 7.71. The van der Waals surface area contributed by atoms with Gasteiger partial charge in [0.05, 0.1) is 31.0 Å². The summed E-state index contributed by atoms with van der Waals surface area (Å²) in [7, 11) is 1.51. The van der Waals surface area contributed by atoms with Gasteiger partial charge in [-0.1, -0.05) is 19.1 Å². The zero-order chi connectivity index (χ0) is 24.8. The van der Waals surface area contributed by atoms with Crippen LogP contribution in [0.1, 0.15) is 34.8 Å². The quantitative estimate of drug-likeness (QED) is 0.249. The van der Waals surface area contributed by atoms with Crippen molar-refractivity contribution in [1.82, 2.24) is 13.7 Å². The number of carbonyl (C=O) groups is 2. The molecule has 4 rings (SSSR count). The minimum Gasteiger partial charge on any atom is -0.494 e. The van der Waals surface area contributed by atoms with Crippen molar-refractivity contribution in [3.63, 3.8) is 0 Å². The Morgan fingerprint density at radius 3 is 2.37 bits per heavy atom. The highest BCUT2D eigenvalue weighted by atomic mass is 32.1. The standard InChI is InChI=1S/C26H23N3O5S/c1-3-12-34-19-8-5-17(6-9-19)25(30)20(13-16-4-11-23(33-2)27-15-16)24(26(31)32)18-7-10-21-22(14-18)29-35-28-21/h4-11,14-15H,3,12-13H2,1-2H3,(H,31,32). The fraction of sp³-hybridized carbons (Fsp3) is 0.192. The largest absolute Gasteiger partial charge is 0.494 e. The summed E-state index contributed by atoms with van der Waals surface area (Å²) in [6, 6.07) is 15.1. The maximum Gasteiger partial charge on any atom is 0.336 e. The molecule has 0 unspecified atom stereocenters. The minimum atomic E-state index is -1.21. The number of Topliss-reactive ketones (excluding diaryl/α,β-unsaturated/α-hetero) is 1. The first kappa shape index (κ1) is 24.0. The first-order valence-electron chi connectivity index (χ1n) is 11.0. The van der Waals surface area contributed by atoms with Gasteiger partial charge in [0.25, 0.3) is 0 Å². The average molecular weight is 490 g/mol. The lowest BCUT2D eigenvalue weighted by Gasteiger charge is -2.14. The first-order valence-corrected chi connectivity index (χ1v) is 11.7. The van der Waals surface area contributed by atoms with Crippen molar-refractivity contribution in [2.24, 2.45) is 0 Å². The Morgan fingerprint density at radius 1 is 0.971 bits per heavy atom. The van der Waals surface area contributed by atoms with E-state index in [1.54, 1.807) is 60.8 Å². The third-order valence-electron chi connectivity index (χ3n) is 5.31. The molecule has 2 aromatic heterocycles. The van der Waals surface area contributed by atoms with Crippen LogP contribution in [-0.2, 0) is 11.2 Å². The summed E-state index contributed by atoms with van der Waals surface area (Å²) in [4.78, 5) is 30.4. The van der Waals surface area contributed by atoms with Crippen LogP contribution in [0.3, 0.4) is 0 Å². The average Bonchev–Trinajstić information content (AvgIpc) is 3.35. The summed E-state index contributed by atoms with van der Waals surface area (Å²) in [6.45, 7) is 2.58. The van der Waals surface area contributed by atoms with Gasteiger partial charge in [-0.15, -0.1) is 0 Å². The van der Waals surface area contributed by atoms with Crippen molar-refractivity contribution in [3.05, 3.63) is 83.1 Å². The Morgan fingerprint density at radius 2 is 1.71 bits per heavy atom. The Balaban J connectivity index is 1.81. The third kappa shape index (κ3) is 5.52. The molecule has 2 aromatic carbocycles. The first-order chi connectivity index (χ1) is 17.0. The van der Waals surface area contributed by atoms with Crippen LogP contribution in [0.15, 0.2) is 66.4 Å². The van der Waals surface area contributed by atoms with Gasteiger partial charge < -0.3 is 14.6 Å². The summed E-state index contributed by atoms with van der Waals surface area (Å²) in [5, 5.41) is 10.2. The van der Waals surface area contributed by atoms with Crippen molar-refractivity contribution < 1.29 is 24.2 Å². The fourth-order valence-electron chi connectivity index (χ4n) is 3.58. The van der Waals surface area contributed by atoms with E-state index in [0.717, 1.165) is 18.1 Å². The molecule has 0 aliphatic rings. The van der Waals surface area contributed by atoms with Crippen LogP contribution < -0.4 is 9.47 Å². The number of aliphatic carboxylic acids is 1. The van der Waals surface area contributed by atoms with E-state index in [1.807, 2.05) is 6.92 Å². The normalized spacial score (nSPS) is 11.7. The van der Waals surface area contributed by atoms with E-state index in [2.05, 4.69) is 13.7 Å². The van der Waals surface area contributed by atoms with Crippen molar-refractivity contribution in [1.29, 1.82) is 0 Å². The molecule has 0 saturated heterocycles. The number of benzene rings is 2. The number of ether oxygens (including phenoxy) is 2. The lowest BCUT2D eigenvalue weighted by molar-refractivity contribution is -0.130. The maximum absolute atomic E-state index is 13.7. The summed E-state index contributed by atoms with van der Waals surface area (Å²) in [6.07, 6.45) is 2.50. The molecule has 1 N–H and O–H groups in total. The number of carbonyl (C=O) groups excluding carboxylic acids is 1. The van der Waals surface area contributed by atoms with Crippen LogP contribution in [0, 0.1) is 0 Å². The summed E-state index contributed by atoms with van der Waals surface area (Å²) >= 11 is 1.04. The molecule has 178 valence electrons. The van der Waals surface area contributed by atoms with Gasteiger partial charge in [0.15, 0.2) is 5.78 Å². The molecule has 2 heterocycles. The zero-order valence-corrected chi connectivity index (χ0v) is 20.0. The monoisotopic (exact) mass is 489 g/mol. The highest BCUT2D eigenvalue weighted by molar-refractivity contribution is 7.00. The number of allylic oxidation sites excluding steroid dienone is 1. The van der Waals surface area contributed by atoms with Crippen LogP contribution in [0.2, 0.25) is 0 Å². The van der Waals surface area contributed by atoms with Crippen LogP contribution in [-0.4, -0.2) is 44.3 Å². The van der Waals surface area contributed by atoms with Gasteiger partial charge >= 0.3 is 5.97 Å². The van der Waals surface area contributed by atoms with E-state index in [-0.39, 0.29) is 17.6 Å². The number of carboxylic acid groups (broad SMARTS) is 1. The van der Waals surface area contributed by atoms with Crippen LogP contribution in [0.25, 0.3) is 16.6 Å². The second-order valence-corrected chi connectivity index (χ2v) is 8.24. The molecule has 0 fully saturated rings. The van der Waals surface area contributed by atoms with Crippen molar-refractivity contribution in [3.8, 4) is 11.6 Å². The number of methoxy groups -OCH3 is 1. The predicted octanol–water partition coefficient (Wildman–Crippen LogP) is 4.85. The molecule has 0 amide bonds. The number of nitrogens with zero attached hydrogens (tertiary/aromatic N) is 3. The molecular formula is C26H23N3O5S. The SMILES string of the molecule is CCCOc1ccc(C(=O)C(Cc2ccc(OC)nc2)=C(C(=O)O)c2ccc3nsnc3c2)cc1. The van der Waals surface area contributed by atoms with Gasteiger partial charge in [0.2, 0.25) is 5.88 Å². The van der Waals surface area contributed by atoms with E-state index in [9.17, 15) is 14.7 Å². The fourth-order valence-corrected chi connectivity index (χ4v) is 4.10. The van der Waals surface area contributed by atoms with E-state index in [0.29, 0.717) is 46.0 Å². The second kappa shape index (κ2) is 10.9. The molecule has 0 bridgehead atoms. The van der Waals surface area contributed by atoms with E-state index in [1.165, 1.54) is 7.11 Å². The Hall–Kier alpha value is -4.11. The smallest absolute Gasteiger partial charge is 0.336 e. The molecule has 0 aliphatic heterocycles. The molecule has 0 aliphatic carbocycles. The van der Waals surface area contributed by atoms with Gasteiger partial charge in [0, 0.05) is 29.8 Å². The molecule has 35 heavy (non-hydrogen) atoms. The Labute approximate surface area is 206 Å².